The zero-order valence-electron chi connectivity index (χ0n) is 35.3. The minimum Gasteiger partial charge on any atom is -0.460 e. The summed E-state index contributed by atoms with van der Waals surface area (Å²) in [6.07, 6.45) is 3.64. The fraction of sp³-hybridized carbons (Fsp3) is 0.457. The van der Waals surface area contributed by atoms with Crippen molar-refractivity contribution in [2.75, 3.05) is 6.54 Å². The molecule has 3 aromatic rings. The predicted octanol–water partition coefficient (Wildman–Crippen LogP) is 4.73. The molecule has 4 bridgehead atoms. The van der Waals surface area contributed by atoms with E-state index in [1.54, 1.807) is 100 Å². The number of alkyl carbamates (subject to hydrolysis) is 1. The van der Waals surface area contributed by atoms with Crippen molar-refractivity contribution in [3.63, 3.8) is 0 Å². The van der Waals surface area contributed by atoms with E-state index in [-0.39, 0.29) is 31.8 Å². The lowest BCUT2D eigenvalue weighted by Crippen LogP contribution is -2.60. The lowest BCUT2D eigenvalue weighted by molar-refractivity contribution is -0.146. The lowest BCUT2D eigenvalue weighted by atomic mass is 9.83. The molecule has 15 nitrogen and oxygen atoms in total. The number of carbonyl (C=O) groups is 7. The van der Waals surface area contributed by atoms with Crippen molar-refractivity contribution >= 4 is 41.5 Å². The van der Waals surface area contributed by atoms with Crippen molar-refractivity contribution in [2.45, 2.75) is 122 Å². The van der Waals surface area contributed by atoms with Crippen molar-refractivity contribution in [2.24, 2.45) is 5.92 Å². The number of hydrogen-bond acceptors (Lipinski definition) is 10. The molecule has 2 aliphatic heterocycles. The van der Waals surface area contributed by atoms with Crippen LogP contribution in [0.2, 0.25) is 0 Å². The number of nitrogens with one attached hydrogen (secondary N) is 5. The molecule has 1 unspecified atom stereocenters. The molecule has 15 heteroatoms. The van der Waals surface area contributed by atoms with Gasteiger partial charge in [-0.05, 0) is 86.9 Å². The van der Waals surface area contributed by atoms with Gasteiger partial charge in [0.15, 0.2) is 0 Å². The third-order valence-electron chi connectivity index (χ3n) is 10.3. The standard InChI is InChI=1S/C46H57N5O10/c1-5-13-35(40(53)44(57)47-27-38(52)59-28-30-14-8-6-9-15-30)48-41(54)36-26-31-16-12-19-34(24-31)60-33-22-20-29(21-23-33)25-37(50-45(58)61-46(2,3)4)42(55)51-39(43(56)49-36)32-17-10-7-11-18-32/h6,8-9,12,14-16,19-24,32,35-37,39H,5,7,10-11,13,17-18,25-28H2,1-4H3,(H,47,57)(H,48,54)(H,49,56)(H,50,58)(H,51,55)/t35?,36-,37-,39-/m0/s1. The molecule has 3 aromatic carbocycles. The van der Waals surface area contributed by atoms with Crippen molar-refractivity contribution in [3.8, 4) is 11.5 Å². The summed E-state index contributed by atoms with van der Waals surface area (Å²) in [7, 11) is 0. The Morgan fingerprint density at radius 1 is 0.820 bits per heavy atom. The summed E-state index contributed by atoms with van der Waals surface area (Å²) >= 11 is 0. The highest BCUT2D eigenvalue weighted by Crippen LogP contribution is 2.28. The number of hydrogen-bond donors (Lipinski definition) is 5. The molecule has 6 rings (SSSR count). The fourth-order valence-electron chi connectivity index (χ4n) is 7.30. The van der Waals surface area contributed by atoms with Crippen molar-refractivity contribution in [1.82, 2.24) is 26.6 Å². The molecule has 326 valence electrons. The Hall–Kier alpha value is -6.25. The van der Waals surface area contributed by atoms with Gasteiger partial charge in [-0.25, -0.2) is 4.79 Å². The number of ketones is 1. The molecular formula is C46H57N5O10. The van der Waals surface area contributed by atoms with Gasteiger partial charge in [0, 0.05) is 12.8 Å². The number of esters is 1. The van der Waals surface area contributed by atoms with Crippen LogP contribution in [0.5, 0.6) is 11.5 Å². The molecule has 0 saturated heterocycles. The third kappa shape index (κ3) is 14.5. The predicted molar refractivity (Wildman–Crippen MR) is 225 cm³/mol. The van der Waals surface area contributed by atoms with Gasteiger partial charge in [-0.3, -0.25) is 28.8 Å². The lowest BCUT2D eigenvalue weighted by Gasteiger charge is -2.33. The zero-order chi connectivity index (χ0) is 43.9. The molecular weight excluding hydrogens is 783 g/mol. The number of ether oxygens (including phenoxy) is 3. The number of carbonyl (C=O) groups excluding carboxylic acids is 7. The Bertz CT molecular complexity index is 2010. The van der Waals surface area contributed by atoms with Crippen LogP contribution in [0.3, 0.4) is 0 Å². The zero-order valence-corrected chi connectivity index (χ0v) is 35.3. The van der Waals surface area contributed by atoms with Crippen molar-refractivity contribution < 1.29 is 47.8 Å². The molecule has 1 aliphatic carbocycles. The van der Waals surface area contributed by atoms with Crippen LogP contribution in [0.4, 0.5) is 4.79 Å². The van der Waals surface area contributed by atoms with Gasteiger partial charge in [0.2, 0.25) is 23.5 Å². The molecule has 0 aromatic heterocycles. The molecule has 1 fully saturated rings. The van der Waals surface area contributed by atoms with Gasteiger partial charge < -0.3 is 40.8 Å². The number of rotatable bonds is 12. The van der Waals surface area contributed by atoms with Gasteiger partial charge in [0.25, 0.3) is 5.91 Å². The van der Waals surface area contributed by atoms with Crippen LogP contribution in [0, 0.1) is 5.92 Å². The highest BCUT2D eigenvalue weighted by atomic mass is 16.6. The van der Waals surface area contributed by atoms with Gasteiger partial charge in [-0.15, -0.1) is 0 Å². The van der Waals surface area contributed by atoms with Crippen LogP contribution in [0.15, 0.2) is 78.9 Å². The maximum absolute atomic E-state index is 14.5. The van der Waals surface area contributed by atoms with E-state index in [0.29, 0.717) is 41.9 Å². The average Bonchev–Trinajstić information content (AvgIpc) is 3.23. The van der Waals surface area contributed by atoms with Gasteiger partial charge in [-0.2, -0.15) is 0 Å². The van der Waals surface area contributed by atoms with E-state index in [1.807, 2.05) is 6.07 Å². The number of benzene rings is 3. The summed E-state index contributed by atoms with van der Waals surface area (Å²) in [4.78, 5) is 94.8. The molecule has 5 N–H and O–H groups in total. The van der Waals surface area contributed by atoms with Crippen LogP contribution in [-0.4, -0.2) is 77.8 Å². The fourth-order valence-corrected chi connectivity index (χ4v) is 7.30. The average molecular weight is 840 g/mol. The molecule has 61 heavy (non-hydrogen) atoms. The molecule has 0 radical (unpaired) electrons. The first kappa shape index (κ1) is 45.8. The Morgan fingerprint density at radius 2 is 1.54 bits per heavy atom. The van der Waals surface area contributed by atoms with Crippen LogP contribution < -0.4 is 31.3 Å². The molecule has 2 heterocycles. The van der Waals surface area contributed by atoms with E-state index in [1.165, 1.54) is 0 Å². The summed E-state index contributed by atoms with van der Waals surface area (Å²) in [6.45, 7) is 6.33. The van der Waals surface area contributed by atoms with E-state index in [9.17, 15) is 33.6 Å². The Kier molecular flexibility index (Phi) is 16.4. The first-order valence-electron chi connectivity index (χ1n) is 21.0. The molecule has 5 amide bonds. The van der Waals surface area contributed by atoms with E-state index >= 15 is 0 Å². The second-order valence-electron chi connectivity index (χ2n) is 16.5. The largest absolute Gasteiger partial charge is 0.460 e. The monoisotopic (exact) mass is 839 g/mol. The summed E-state index contributed by atoms with van der Waals surface area (Å²) < 4.78 is 16.8. The number of amides is 5. The normalized spacial score (nSPS) is 19.1. The summed E-state index contributed by atoms with van der Waals surface area (Å²) in [5.41, 5.74) is 1.24. The SMILES string of the molecule is CCCC(NC(=O)[C@@H]1Cc2cccc(c2)Oc2ccc(cc2)C[C@H](NC(=O)OC(C)(C)C)C(=O)N[C@@H](C2CCCCC2)C(=O)N1)C(=O)C(=O)NCC(=O)OCc1ccccc1. The molecule has 4 atom stereocenters. The minimum atomic E-state index is -1.29. The van der Waals surface area contributed by atoms with Gasteiger partial charge >= 0.3 is 12.1 Å². The van der Waals surface area contributed by atoms with E-state index in [4.69, 9.17) is 14.2 Å². The Labute approximate surface area is 356 Å². The maximum atomic E-state index is 14.5. The van der Waals surface area contributed by atoms with Crippen LogP contribution in [0.25, 0.3) is 0 Å². The van der Waals surface area contributed by atoms with Crippen molar-refractivity contribution in [3.05, 3.63) is 95.6 Å². The Balaban J connectivity index is 1.40. The van der Waals surface area contributed by atoms with Gasteiger partial charge in [0.1, 0.15) is 48.4 Å². The Morgan fingerprint density at radius 3 is 2.23 bits per heavy atom. The third-order valence-corrected chi connectivity index (χ3v) is 10.3. The summed E-state index contributed by atoms with van der Waals surface area (Å²) in [5.74, 6) is -4.11. The highest BCUT2D eigenvalue weighted by molar-refractivity contribution is 6.38. The maximum Gasteiger partial charge on any atom is 0.408 e. The van der Waals surface area contributed by atoms with E-state index in [0.717, 1.165) is 24.8 Å². The minimum absolute atomic E-state index is 0.0119. The summed E-state index contributed by atoms with van der Waals surface area (Å²) in [5, 5.41) is 13.4. The van der Waals surface area contributed by atoms with Gasteiger partial charge in [0.05, 0.1) is 6.04 Å². The summed E-state index contributed by atoms with van der Waals surface area (Å²) in [6, 6.07) is 18.2. The van der Waals surface area contributed by atoms with Crippen LogP contribution in [0.1, 0.15) is 89.3 Å². The molecule has 0 spiro atoms. The smallest absolute Gasteiger partial charge is 0.408 e. The van der Waals surface area contributed by atoms with Crippen molar-refractivity contribution in [1.29, 1.82) is 0 Å². The molecule has 3 aliphatic rings. The first-order chi connectivity index (χ1) is 29.2. The van der Waals surface area contributed by atoms with Crippen LogP contribution >= 0.6 is 0 Å². The second kappa shape index (κ2) is 21.8. The second-order valence-corrected chi connectivity index (χ2v) is 16.5. The quantitative estimate of drug-likeness (QED) is 0.125. The first-order valence-corrected chi connectivity index (χ1v) is 21.0. The highest BCUT2D eigenvalue weighted by Gasteiger charge is 2.37. The number of Topliss-reactive ketones (excluding diaryl/α,β-unsaturated/α-hetero) is 1. The number of fused-ring (bicyclic) bond motifs is 10. The topological polar surface area (TPSA) is 207 Å². The molecule has 1 saturated carbocycles. The van der Waals surface area contributed by atoms with E-state index in [2.05, 4.69) is 26.6 Å². The van der Waals surface area contributed by atoms with Gasteiger partial charge in [-0.1, -0.05) is 87.2 Å². The van der Waals surface area contributed by atoms with E-state index < -0.39 is 77.8 Å². The van der Waals surface area contributed by atoms with Crippen LogP contribution in [-0.2, 0) is 57.7 Å².